The van der Waals surface area contributed by atoms with Crippen molar-refractivity contribution >= 4 is 64.0 Å². The maximum absolute atomic E-state index is 12.5. The molecule has 1 aromatic heterocycles. The first-order chi connectivity index (χ1) is 14.4. The number of nitrogens with one attached hydrogen (secondary N) is 2. The van der Waals surface area contributed by atoms with Crippen molar-refractivity contribution in [2.75, 3.05) is 25.0 Å². The number of hydrogen-bond acceptors (Lipinski definition) is 7. The predicted octanol–water partition coefficient (Wildman–Crippen LogP) is 3.44. The van der Waals surface area contributed by atoms with E-state index in [1.165, 1.54) is 0 Å². The van der Waals surface area contributed by atoms with Crippen molar-refractivity contribution in [3.05, 3.63) is 57.2 Å². The number of rotatable bonds is 8. The Kier molecular flexibility index (Phi) is 7.67. The molecule has 8 nitrogen and oxygen atoms in total. The molecule has 1 aliphatic heterocycles. The van der Waals surface area contributed by atoms with Crippen LogP contribution in [0.3, 0.4) is 0 Å². The van der Waals surface area contributed by atoms with E-state index in [0.29, 0.717) is 28.1 Å². The first-order valence-electron chi connectivity index (χ1n) is 8.92. The number of anilines is 1. The number of aromatic nitrogens is 2. The van der Waals surface area contributed by atoms with Gasteiger partial charge in [-0.15, -0.1) is 0 Å². The Bertz CT molecular complexity index is 987. The highest BCUT2D eigenvalue weighted by atomic mass is 35.5. The number of carbonyl (C=O) groups excluding carboxylic acids is 3. The minimum atomic E-state index is -0.423. The molecule has 0 radical (unpaired) electrons. The van der Waals surface area contributed by atoms with Crippen molar-refractivity contribution < 1.29 is 14.4 Å². The lowest BCUT2D eigenvalue weighted by Gasteiger charge is -2.13. The fourth-order valence-corrected chi connectivity index (χ4v) is 3.85. The summed E-state index contributed by atoms with van der Waals surface area (Å²) >= 11 is 12.8. The van der Waals surface area contributed by atoms with Crippen LogP contribution in [0, 0.1) is 0 Å². The highest BCUT2D eigenvalue weighted by Crippen LogP contribution is 2.33. The van der Waals surface area contributed by atoms with Crippen LogP contribution in [0.1, 0.15) is 12.0 Å². The summed E-state index contributed by atoms with van der Waals surface area (Å²) in [5.74, 6) is -0.197. The molecule has 0 atom stereocenters. The normalized spacial score (nSPS) is 15.0. The Balaban J connectivity index is 1.46. The Hall–Kier alpha value is -2.62. The van der Waals surface area contributed by atoms with Gasteiger partial charge >= 0.3 is 0 Å². The summed E-state index contributed by atoms with van der Waals surface area (Å²) in [6.45, 7) is 0.604. The molecule has 0 spiro atoms. The van der Waals surface area contributed by atoms with Crippen molar-refractivity contribution in [1.29, 1.82) is 0 Å². The number of hydrogen-bond donors (Lipinski definition) is 2. The molecule has 2 heterocycles. The maximum atomic E-state index is 12.5. The van der Waals surface area contributed by atoms with Crippen LogP contribution in [-0.2, 0) is 9.59 Å². The van der Waals surface area contributed by atoms with Crippen molar-refractivity contribution in [1.82, 2.24) is 20.2 Å². The molecule has 2 N–H and O–H groups in total. The minimum Gasteiger partial charge on any atom is -0.354 e. The molecule has 1 aromatic carbocycles. The zero-order chi connectivity index (χ0) is 21.5. The van der Waals surface area contributed by atoms with Gasteiger partial charge in [0.25, 0.3) is 11.1 Å². The Morgan fingerprint density at radius 2 is 1.93 bits per heavy atom. The third-order valence-electron chi connectivity index (χ3n) is 3.98. The fourth-order valence-electron chi connectivity index (χ4n) is 2.53. The van der Waals surface area contributed by atoms with Gasteiger partial charge in [-0.25, -0.2) is 9.97 Å². The van der Waals surface area contributed by atoms with Gasteiger partial charge in [0.2, 0.25) is 11.9 Å². The number of benzene rings is 1. The van der Waals surface area contributed by atoms with Gasteiger partial charge in [-0.1, -0.05) is 29.3 Å². The number of carbonyl (C=O) groups is 3. The highest BCUT2D eigenvalue weighted by molar-refractivity contribution is 8.18. The topological polar surface area (TPSA) is 104 Å². The average molecular weight is 466 g/mol. The van der Waals surface area contributed by atoms with E-state index in [9.17, 15) is 14.4 Å². The molecule has 3 rings (SSSR count). The SMILES string of the molecule is O=C(CCNc1ncccn1)NCCN1C(=O)S/C(=C\c2ccc(Cl)cc2Cl)C1=O. The summed E-state index contributed by atoms with van der Waals surface area (Å²) in [5, 5.41) is 6.08. The van der Waals surface area contributed by atoms with E-state index < -0.39 is 11.1 Å². The maximum Gasteiger partial charge on any atom is 0.293 e. The minimum absolute atomic E-state index is 0.0807. The van der Waals surface area contributed by atoms with Crippen LogP contribution in [0.25, 0.3) is 6.08 Å². The Morgan fingerprint density at radius 3 is 2.67 bits per heavy atom. The van der Waals surface area contributed by atoms with E-state index in [1.807, 2.05) is 0 Å². The van der Waals surface area contributed by atoms with Gasteiger partial charge in [-0.2, -0.15) is 0 Å². The van der Waals surface area contributed by atoms with E-state index in [0.717, 1.165) is 16.7 Å². The summed E-state index contributed by atoms with van der Waals surface area (Å²) in [7, 11) is 0. The van der Waals surface area contributed by atoms with E-state index in [4.69, 9.17) is 23.2 Å². The van der Waals surface area contributed by atoms with Gasteiger partial charge in [0.15, 0.2) is 0 Å². The van der Waals surface area contributed by atoms with Gasteiger partial charge in [0.1, 0.15) is 0 Å². The van der Waals surface area contributed by atoms with Crippen LogP contribution >= 0.6 is 35.0 Å². The van der Waals surface area contributed by atoms with Gasteiger partial charge in [-0.05, 0) is 41.6 Å². The summed E-state index contributed by atoms with van der Waals surface area (Å²) in [6.07, 6.45) is 4.96. The number of imide groups is 1. The second kappa shape index (κ2) is 10.4. The summed E-state index contributed by atoms with van der Waals surface area (Å²) in [6, 6.07) is 6.58. The molecule has 3 amide bonds. The fraction of sp³-hybridized carbons (Fsp3) is 0.211. The zero-order valence-electron chi connectivity index (χ0n) is 15.6. The molecular weight excluding hydrogens is 449 g/mol. The van der Waals surface area contributed by atoms with Crippen LogP contribution in [0.2, 0.25) is 10.0 Å². The Labute approximate surface area is 187 Å². The van der Waals surface area contributed by atoms with Crippen LogP contribution in [0.15, 0.2) is 41.6 Å². The van der Waals surface area contributed by atoms with Gasteiger partial charge < -0.3 is 10.6 Å². The van der Waals surface area contributed by atoms with E-state index >= 15 is 0 Å². The number of amides is 3. The lowest BCUT2D eigenvalue weighted by molar-refractivity contribution is -0.124. The third kappa shape index (κ3) is 5.94. The second-order valence-electron chi connectivity index (χ2n) is 6.10. The molecule has 30 heavy (non-hydrogen) atoms. The number of nitrogens with zero attached hydrogens (tertiary/aromatic N) is 3. The lowest BCUT2D eigenvalue weighted by atomic mass is 10.2. The quantitative estimate of drug-likeness (QED) is 0.575. The largest absolute Gasteiger partial charge is 0.354 e. The van der Waals surface area contributed by atoms with Crippen molar-refractivity contribution in [3.63, 3.8) is 0 Å². The van der Waals surface area contributed by atoms with Crippen LogP contribution in [0.5, 0.6) is 0 Å². The molecule has 0 bridgehead atoms. The van der Waals surface area contributed by atoms with E-state index in [1.54, 1.807) is 42.7 Å². The van der Waals surface area contributed by atoms with Gasteiger partial charge in [0.05, 0.1) is 4.91 Å². The number of halogens is 2. The predicted molar refractivity (Wildman–Crippen MR) is 117 cm³/mol. The molecular formula is C19H17Cl2N5O3S. The molecule has 156 valence electrons. The summed E-state index contributed by atoms with van der Waals surface area (Å²) in [4.78, 5) is 45.9. The summed E-state index contributed by atoms with van der Waals surface area (Å²) < 4.78 is 0. The monoisotopic (exact) mass is 465 g/mol. The first-order valence-corrected chi connectivity index (χ1v) is 10.5. The molecule has 0 aliphatic carbocycles. The Morgan fingerprint density at radius 1 is 1.17 bits per heavy atom. The number of thioether (sulfide) groups is 1. The second-order valence-corrected chi connectivity index (χ2v) is 7.94. The van der Waals surface area contributed by atoms with Crippen LogP contribution in [0.4, 0.5) is 10.7 Å². The molecule has 0 saturated carbocycles. The average Bonchev–Trinajstić information content (AvgIpc) is 2.98. The zero-order valence-corrected chi connectivity index (χ0v) is 17.9. The lowest BCUT2D eigenvalue weighted by Crippen LogP contribution is -2.37. The van der Waals surface area contributed by atoms with Gasteiger partial charge in [0, 0.05) is 48.5 Å². The molecule has 2 aromatic rings. The first kappa shape index (κ1) is 22.1. The third-order valence-corrected chi connectivity index (χ3v) is 5.45. The standard InChI is InChI=1S/C19H17Cl2N5O3S/c20-13-3-2-12(14(21)11-13)10-15-17(28)26(19(29)30-15)9-8-22-16(27)4-7-25-18-23-5-1-6-24-18/h1-3,5-6,10-11H,4,7-9H2,(H,22,27)(H,23,24,25)/b15-10-. The smallest absolute Gasteiger partial charge is 0.293 e. The molecule has 11 heteroatoms. The van der Waals surface area contributed by atoms with Crippen molar-refractivity contribution in [2.24, 2.45) is 0 Å². The van der Waals surface area contributed by atoms with Gasteiger partial charge in [-0.3, -0.25) is 19.3 Å². The molecule has 1 aliphatic rings. The van der Waals surface area contributed by atoms with Crippen LogP contribution < -0.4 is 10.6 Å². The highest BCUT2D eigenvalue weighted by Gasteiger charge is 2.34. The van der Waals surface area contributed by atoms with Crippen molar-refractivity contribution in [3.8, 4) is 0 Å². The van der Waals surface area contributed by atoms with Crippen LogP contribution in [-0.4, -0.2) is 51.6 Å². The molecule has 1 fully saturated rings. The molecule has 0 unspecified atom stereocenters. The summed E-state index contributed by atoms with van der Waals surface area (Å²) in [5.41, 5.74) is 0.592. The van der Waals surface area contributed by atoms with E-state index in [-0.39, 0.29) is 30.3 Å². The van der Waals surface area contributed by atoms with Crippen molar-refractivity contribution in [2.45, 2.75) is 6.42 Å². The van der Waals surface area contributed by atoms with E-state index in [2.05, 4.69) is 20.6 Å². The molecule has 1 saturated heterocycles.